The number of nitrogens with one attached hydrogen (secondary N) is 1. The van der Waals surface area contributed by atoms with Crippen LogP contribution in [0.15, 0.2) is 120 Å². The second kappa shape index (κ2) is 8.10. The number of aliphatic imine (C=N–C) groups is 1. The van der Waals surface area contributed by atoms with Crippen molar-refractivity contribution in [3.05, 3.63) is 121 Å². The predicted molar refractivity (Wildman–Crippen MR) is 127 cm³/mol. The van der Waals surface area contributed by atoms with E-state index in [9.17, 15) is 0 Å². The van der Waals surface area contributed by atoms with Crippen molar-refractivity contribution in [2.45, 2.75) is 0 Å². The van der Waals surface area contributed by atoms with Gasteiger partial charge in [-0.3, -0.25) is 4.99 Å². The van der Waals surface area contributed by atoms with E-state index < -0.39 is 0 Å². The van der Waals surface area contributed by atoms with Gasteiger partial charge in [-0.15, -0.1) is 0 Å². The lowest BCUT2D eigenvalue weighted by Gasteiger charge is -2.08. The number of anilines is 2. The largest absolute Gasteiger partial charge is 0.356 e. The number of fused-ring (bicyclic) bond motifs is 1. The third-order valence-electron chi connectivity index (χ3n) is 5.07. The first-order valence-corrected chi connectivity index (χ1v) is 9.98. The second-order valence-electron chi connectivity index (χ2n) is 7.13. The van der Waals surface area contributed by atoms with Gasteiger partial charge in [0.05, 0.1) is 17.6 Å². The van der Waals surface area contributed by atoms with Crippen LogP contribution in [0.25, 0.3) is 16.5 Å². The molecule has 5 aromatic rings. The summed E-state index contributed by atoms with van der Waals surface area (Å²) in [5.41, 5.74) is 5.20. The van der Waals surface area contributed by atoms with Crippen molar-refractivity contribution >= 4 is 34.0 Å². The average Bonchev–Trinajstić information content (AvgIpc) is 3.28. The zero-order chi connectivity index (χ0) is 20.2. The summed E-state index contributed by atoms with van der Waals surface area (Å²) < 4.78 is 2.15. The van der Waals surface area contributed by atoms with Gasteiger partial charge in [-0.2, -0.15) is 0 Å². The maximum atomic E-state index is 4.67. The Balaban J connectivity index is 1.35. The lowest BCUT2D eigenvalue weighted by molar-refractivity contribution is 1.07. The van der Waals surface area contributed by atoms with E-state index in [0.29, 0.717) is 0 Å². The average molecular weight is 387 g/mol. The standard InChI is InChI=1S/C27H21N3/c1-2-9-24(10-3-1)29-25-15-13-23(14-16-25)28-20-27-11-6-18-30(27)26-17-12-21-7-4-5-8-22(21)19-26/h1-20,29H. The molecular formula is C27H21N3. The SMILES string of the molecule is C(=Nc1ccc(Nc2ccccc2)cc1)c1cccn1-c1ccc2ccccc2c1. The van der Waals surface area contributed by atoms with E-state index in [0.717, 1.165) is 28.4 Å². The van der Waals surface area contributed by atoms with Crippen LogP contribution in [0, 0.1) is 0 Å². The van der Waals surface area contributed by atoms with Crippen LogP contribution in [-0.2, 0) is 0 Å². The van der Waals surface area contributed by atoms with Gasteiger partial charge in [0.1, 0.15) is 0 Å². The number of nitrogens with zero attached hydrogens (tertiary/aromatic N) is 2. The summed E-state index contributed by atoms with van der Waals surface area (Å²) in [5.74, 6) is 0. The Morgan fingerprint density at radius 1 is 0.633 bits per heavy atom. The van der Waals surface area contributed by atoms with Gasteiger partial charge in [0.15, 0.2) is 0 Å². The highest BCUT2D eigenvalue weighted by molar-refractivity contribution is 5.86. The summed E-state index contributed by atoms with van der Waals surface area (Å²) in [6, 6.07) is 37.3. The molecule has 0 amide bonds. The molecule has 0 fully saturated rings. The molecule has 0 aliphatic rings. The molecule has 1 N–H and O–H groups in total. The van der Waals surface area contributed by atoms with Crippen LogP contribution in [0.1, 0.15) is 5.69 Å². The van der Waals surface area contributed by atoms with Gasteiger partial charge in [0.2, 0.25) is 0 Å². The van der Waals surface area contributed by atoms with E-state index in [4.69, 9.17) is 0 Å². The number of para-hydroxylation sites is 1. The van der Waals surface area contributed by atoms with Crippen LogP contribution in [0.2, 0.25) is 0 Å². The van der Waals surface area contributed by atoms with Crippen LogP contribution < -0.4 is 5.32 Å². The molecule has 4 aromatic carbocycles. The minimum atomic E-state index is 0.917. The molecule has 0 aliphatic carbocycles. The van der Waals surface area contributed by atoms with Crippen LogP contribution >= 0.6 is 0 Å². The zero-order valence-corrected chi connectivity index (χ0v) is 16.4. The highest BCUT2D eigenvalue weighted by Gasteiger charge is 2.03. The highest BCUT2D eigenvalue weighted by Crippen LogP contribution is 2.22. The molecule has 0 unspecified atom stereocenters. The lowest BCUT2D eigenvalue weighted by atomic mass is 10.1. The van der Waals surface area contributed by atoms with Gasteiger partial charge < -0.3 is 9.88 Å². The number of rotatable bonds is 5. The summed E-state index contributed by atoms with van der Waals surface area (Å²) >= 11 is 0. The maximum absolute atomic E-state index is 4.67. The highest BCUT2D eigenvalue weighted by atomic mass is 15.0. The van der Waals surface area contributed by atoms with E-state index in [2.05, 4.69) is 69.6 Å². The quantitative estimate of drug-likeness (QED) is 0.319. The monoisotopic (exact) mass is 387 g/mol. The molecule has 0 bridgehead atoms. The first-order valence-electron chi connectivity index (χ1n) is 9.98. The number of hydrogen-bond acceptors (Lipinski definition) is 2. The molecule has 0 atom stereocenters. The Bertz CT molecular complexity index is 1300. The molecule has 1 heterocycles. The number of aromatic nitrogens is 1. The number of hydrogen-bond donors (Lipinski definition) is 1. The molecule has 5 rings (SSSR count). The van der Waals surface area contributed by atoms with Crippen molar-refractivity contribution in [3.8, 4) is 5.69 Å². The van der Waals surface area contributed by atoms with Crippen LogP contribution in [0.3, 0.4) is 0 Å². The minimum absolute atomic E-state index is 0.917. The topological polar surface area (TPSA) is 29.3 Å². The zero-order valence-electron chi connectivity index (χ0n) is 16.4. The summed E-state index contributed by atoms with van der Waals surface area (Å²) in [5, 5.41) is 5.86. The van der Waals surface area contributed by atoms with Crippen molar-refractivity contribution in [2.75, 3.05) is 5.32 Å². The fourth-order valence-corrected chi connectivity index (χ4v) is 3.52. The second-order valence-corrected chi connectivity index (χ2v) is 7.13. The van der Waals surface area contributed by atoms with Crippen LogP contribution in [0.4, 0.5) is 17.1 Å². The molecule has 0 spiro atoms. The Morgan fingerprint density at radius 3 is 2.20 bits per heavy atom. The molecule has 3 nitrogen and oxygen atoms in total. The summed E-state index contributed by atoms with van der Waals surface area (Å²) in [7, 11) is 0. The van der Waals surface area contributed by atoms with Gasteiger partial charge in [-0.1, -0.05) is 48.5 Å². The van der Waals surface area contributed by atoms with Crippen molar-refractivity contribution in [1.82, 2.24) is 4.57 Å². The fraction of sp³-hybridized carbons (Fsp3) is 0. The first-order chi connectivity index (χ1) is 14.8. The lowest BCUT2D eigenvalue weighted by Crippen LogP contribution is -1.97. The Morgan fingerprint density at radius 2 is 1.37 bits per heavy atom. The van der Waals surface area contributed by atoms with Crippen molar-refractivity contribution in [2.24, 2.45) is 4.99 Å². The molecule has 144 valence electrons. The summed E-state index contributed by atoms with van der Waals surface area (Å²) in [4.78, 5) is 4.67. The van der Waals surface area contributed by atoms with E-state index in [1.54, 1.807) is 0 Å². The van der Waals surface area contributed by atoms with Gasteiger partial charge in [-0.05, 0) is 71.4 Å². The predicted octanol–water partition coefficient (Wildman–Crippen LogP) is 7.12. The first kappa shape index (κ1) is 18.0. The summed E-state index contributed by atoms with van der Waals surface area (Å²) in [6.07, 6.45) is 3.98. The summed E-state index contributed by atoms with van der Waals surface area (Å²) in [6.45, 7) is 0. The van der Waals surface area contributed by atoms with E-state index in [1.165, 1.54) is 10.8 Å². The molecular weight excluding hydrogens is 366 g/mol. The molecule has 30 heavy (non-hydrogen) atoms. The Kier molecular flexibility index (Phi) is 4.84. The third-order valence-corrected chi connectivity index (χ3v) is 5.07. The molecule has 3 heteroatoms. The van der Waals surface area contributed by atoms with Crippen molar-refractivity contribution in [3.63, 3.8) is 0 Å². The molecule has 0 aliphatic heterocycles. The molecule has 0 saturated heterocycles. The number of benzene rings is 4. The normalized spacial score (nSPS) is 11.2. The minimum Gasteiger partial charge on any atom is -0.356 e. The third kappa shape index (κ3) is 3.87. The molecule has 0 saturated carbocycles. The van der Waals surface area contributed by atoms with Crippen molar-refractivity contribution < 1.29 is 0 Å². The molecule has 1 aromatic heterocycles. The van der Waals surface area contributed by atoms with Gasteiger partial charge in [-0.25, -0.2) is 0 Å². The van der Waals surface area contributed by atoms with E-state index in [-0.39, 0.29) is 0 Å². The van der Waals surface area contributed by atoms with Gasteiger partial charge in [0.25, 0.3) is 0 Å². The van der Waals surface area contributed by atoms with Crippen molar-refractivity contribution in [1.29, 1.82) is 0 Å². The van der Waals surface area contributed by atoms with E-state index in [1.807, 2.05) is 66.9 Å². The van der Waals surface area contributed by atoms with Gasteiger partial charge in [0, 0.05) is 23.3 Å². The van der Waals surface area contributed by atoms with Gasteiger partial charge >= 0.3 is 0 Å². The van der Waals surface area contributed by atoms with Crippen LogP contribution in [-0.4, -0.2) is 10.8 Å². The maximum Gasteiger partial charge on any atom is 0.0639 e. The Hall–Kier alpha value is -4.11. The molecule has 0 radical (unpaired) electrons. The van der Waals surface area contributed by atoms with E-state index >= 15 is 0 Å². The van der Waals surface area contributed by atoms with Crippen LogP contribution in [0.5, 0.6) is 0 Å². The fourth-order valence-electron chi connectivity index (χ4n) is 3.52. The smallest absolute Gasteiger partial charge is 0.0639 e. The Labute approximate surface area is 176 Å².